The van der Waals surface area contributed by atoms with Crippen molar-refractivity contribution in [2.75, 3.05) is 26.2 Å². The second-order valence-corrected chi connectivity index (χ2v) is 5.85. The average molecular weight is 229 g/mol. The average Bonchev–Trinajstić information content (AvgIpc) is 2.47. The number of ether oxygens (including phenoxy) is 1. The lowest BCUT2D eigenvalue weighted by molar-refractivity contribution is -0.147. The number of nitrogens with zero attached hydrogens (tertiary/aromatic N) is 1. The Morgan fingerprint density at radius 1 is 1.50 bits per heavy atom. The van der Waals surface area contributed by atoms with Gasteiger partial charge in [0.05, 0.1) is 17.6 Å². The summed E-state index contributed by atoms with van der Waals surface area (Å²) in [5.74, 6) is -0.688. The number of aliphatic carboxylic acids is 1. The van der Waals surface area contributed by atoms with Gasteiger partial charge in [0.15, 0.2) is 0 Å². The molecule has 1 aliphatic rings. The quantitative estimate of drug-likeness (QED) is 0.795. The molecule has 0 aromatic rings. The summed E-state index contributed by atoms with van der Waals surface area (Å²) in [4.78, 5) is 13.2. The van der Waals surface area contributed by atoms with Crippen LogP contribution in [0.1, 0.15) is 34.1 Å². The highest BCUT2D eigenvalue weighted by molar-refractivity contribution is 5.74. The zero-order valence-corrected chi connectivity index (χ0v) is 10.7. The first-order valence-electron chi connectivity index (χ1n) is 5.83. The van der Waals surface area contributed by atoms with E-state index in [-0.39, 0.29) is 5.60 Å². The number of carbonyl (C=O) groups is 1. The molecule has 0 aromatic heterocycles. The molecule has 0 radical (unpaired) electrons. The molecule has 0 saturated carbocycles. The normalized spacial score (nSPS) is 27.2. The van der Waals surface area contributed by atoms with Crippen molar-refractivity contribution in [1.29, 1.82) is 0 Å². The van der Waals surface area contributed by atoms with Crippen LogP contribution in [0.4, 0.5) is 0 Å². The minimum Gasteiger partial charge on any atom is -0.481 e. The van der Waals surface area contributed by atoms with E-state index in [1.807, 2.05) is 27.7 Å². The third-order valence-electron chi connectivity index (χ3n) is 3.01. The second kappa shape index (κ2) is 4.72. The summed E-state index contributed by atoms with van der Waals surface area (Å²) in [5.41, 5.74) is -0.683. The zero-order chi connectivity index (χ0) is 12.4. The van der Waals surface area contributed by atoms with Crippen molar-refractivity contribution in [3.8, 4) is 0 Å². The first-order valence-corrected chi connectivity index (χ1v) is 5.83. The lowest BCUT2D eigenvalue weighted by atomic mass is 9.90. The Morgan fingerprint density at radius 2 is 2.12 bits per heavy atom. The van der Waals surface area contributed by atoms with Gasteiger partial charge in [-0.3, -0.25) is 9.69 Å². The summed E-state index contributed by atoms with van der Waals surface area (Å²) in [5, 5.41) is 9.09. The Balaban J connectivity index is 2.30. The van der Waals surface area contributed by atoms with E-state index in [0.29, 0.717) is 13.2 Å². The van der Waals surface area contributed by atoms with Crippen LogP contribution in [0.2, 0.25) is 0 Å². The van der Waals surface area contributed by atoms with Crippen LogP contribution in [-0.4, -0.2) is 47.8 Å². The molecule has 4 heteroatoms. The molecule has 0 amide bonds. The standard InChI is InChI=1S/C12H23NO3/c1-11(2,3)16-8-7-13-6-5-12(4,9-13)10(14)15/h5-9H2,1-4H3,(H,14,15). The van der Waals surface area contributed by atoms with E-state index in [1.165, 1.54) is 0 Å². The highest BCUT2D eigenvalue weighted by Gasteiger charge is 2.40. The number of rotatable bonds is 4. The first kappa shape index (κ1) is 13.5. The molecule has 1 heterocycles. The summed E-state index contributed by atoms with van der Waals surface area (Å²) >= 11 is 0. The summed E-state index contributed by atoms with van der Waals surface area (Å²) in [7, 11) is 0. The fourth-order valence-corrected chi connectivity index (χ4v) is 1.90. The van der Waals surface area contributed by atoms with Gasteiger partial charge in [-0.05, 0) is 40.7 Å². The van der Waals surface area contributed by atoms with Crippen LogP contribution in [0.15, 0.2) is 0 Å². The van der Waals surface area contributed by atoms with Crippen LogP contribution >= 0.6 is 0 Å². The van der Waals surface area contributed by atoms with Crippen molar-refractivity contribution in [3.63, 3.8) is 0 Å². The number of hydrogen-bond donors (Lipinski definition) is 1. The number of carboxylic acid groups (broad SMARTS) is 1. The Labute approximate surface area is 97.6 Å². The van der Waals surface area contributed by atoms with Crippen molar-refractivity contribution in [2.45, 2.75) is 39.7 Å². The molecular formula is C12H23NO3. The van der Waals surface area contributed by atoms with Gasteiger partial charge in [-0.15, -0.1) is 0 Å². The molecule has 0 aromatic carbocycles. The van der Waals surface area contributed by atoms with Gasteiger partial charge >= 0.3 is 5.97 Å². The maximum atomic E-state index is 11.0. The molecule has 0 spiro atoms. The summed E-state index contributed by atoms with van der Waals surface area (Å²) in [6.45, 7) is 10.9. The second-order valence-electron chi connectivity index (χ2n) is 5.85. The van der Waals surface area contributed by atoms with Crippen LogP contribution in [0.25, 0.3) is 0 Å². The third-order valence-corrected chi connectivity index (χ3v) is 3.01. The molecule has 94 valence electrons. The van der Waals surface area contributed by atoms with Crippen molar-refractivity contribution in [1.82, 2.24) is 4.90 Å². The molecule has 1 N–H and O–H groups in total. The smallest absolute Gasteiger partial charge is 0.310 e. The summed E-state index contributed by atoms with van der Waals surface area (Å²) < 4.78 is 5.63. The maximum Gasteiger partial charge on any atom is 0.310 e. The SMILES string of the molecule is CC(C)(C)OCCN1CCC(C)(C(=O)O)C1. The molecule has 0 bridgehead atoms. The Morgan fingerprint density at radius 3 is 2.56 bits per heavy atom. The maximum absolute atomic E-state index is 11.0. The molecule has 1 unspecified atom stereocenters. The van der Waals surface area contributed by atoms with Crippen molar-refractivity contribution in [3.05, 3.63) is 0 Å². The highest BCUT2D eigenvalue weighted by Crippen LogP contribution is 2.29. The van der Waals surface area contributed by atoms with E-state index < -0.39 is 11.4 Å². The van der Waals surface area contributed by atoms with Crippen molar-refractivity contribution >= 4 is 5.97 Å². The Kier molecular flexibility index (Phi) is 3.97. The van der Waals surface area contributed by atoms with Crippen molar-refractivity contribution in [2.24, 2.45) is 5.41 Å². The van der Waals surface area contributed by atoms with E-state index in [2.05, 4.69) is 4.90 Å². The third kappa shape index (κ3) is 3.76. The van der Waals surface area contributed by atoms with Crippen molar-refractivity contribution < 1.29 is 14.6 Å². The summed E-state index contributed by atoms with van der Waals surface area (Å²) in [6.07, 6.45) is 0.734. The van der Waals surface area contributed by atoms with Crippen LogP contribution in [0, 0.1) is 5.41 Å². The minimum atomic E-state index is -0.688. The van der Waals surface area contributed by atoms with E-state index >= 15 is 0 Å². The molecule has 4 nitrogen and oxygen atoms in total. The van der Waals surface area contributed by atoms with Gasteiger partial charge in [0.25, 0.3) is 0 Å². The van der Waals surface area contributed by atoms with Gasteiger partial charge in [0, 0.05) is 13.1 Å². The molecule has 16 heavy (non-hydrogen) atoms. The van der Waals surface area contributed by atoms with E-state index in [4.69, 9.17) is 9.84 Å². The van der Waals surface area contributed by atoms with Crippen LogP contribution in [-0.2, 0) is 9.53 Å². The van der Waals surface area contributed by atoms with Crippen LogP contribution in [0.3, 0.4) is 0 Å². The first-order chi connectivity index (χ1) is 7.23. The van der Waals surface area contributed by atoms with Gasteiger partial charge in [-0.2, -0.15) is 0 Å². The molecule has 1 fully saturated rings. The predicted molar refractivity (Wildman–Crippen MR) is 62.5 cm³/mol. The van der Waals surface area contributed by atoms with E-state index in [9.17, 15) is 4.79 Å². The predicted octanol–water partition coefficient (Wildman–Crippen LogP) is 1.60. The number of hydrogen-bond acceptors (Lipinski definition) is 3. The number of carboxylic acids is 1. The minimum absolute atomic E-state index is 0.115. The molecule has 1 saturated heterocycles. The lowest BCUT2D eigenvalue weighted by Crippen LogP contribution is -2.34. The molecule has 1 atom stereocenters. The molecular weight excluding hydrogens is 206 g/mol. The van der Waals surface area contributed by atoms with Gasteiger partial charge in [0.2, 0.25) is 0 Å². The monoisotopic (exact) mass is 229 g/mol. The Bertz CT molecular complexity index is 259. The Hall–Kier alpha value is -0.610. The topological polar surface area (TPSA) is 49.8 Å². The largest absolute Gasteiger partial charge is 0.481 e. The zero-order valence-electron chi connectivity index (χ0n) is 10.7. The van der Waals surface area contributed by atoms with Gasteiger partial charge in [0.1, 0.15) is 0 Å². The molecule has 0 aliphatic carbocycles. The summed E-state index contributed by atoms with van der Waals surface area (Å²) in [6, 6.07) is 0. The van der Waals surface area contributed by atoms with Gasteiger partial charge in [-0.25, -0.2) is 0 Å². The fraction of sp³-hybridized carbons (Fsp3) is 0.917. The number of likely N-dealkylation sites (tertiary alicyclic amines) is 1. The highest BCUT2D eigenvalue weighted by atomic mass is 16.5. The van der Waals surface area contributed by atoms with E-state index in [0.717, 1.165) is 19.5 Å². The van der Waals surface area contributed by atoms with Gasteiger partial charge < -0.3 is 9.84 Å². The van der Waals surface area contributed by atoms with Crippen LogP contribution in [0.5, 0.6) is 0 Å². The molecule has 1 rings (SSSR count). The molecule has 1 aliphatic heterocycles. The van der Waals surface area contributed by atoms with Crippen LogP contribution < -0.4 is 0 Å². The lowest BCUT2D eigenvalue weighted by Gasteiger charge is -2.23. The van der Waals surface area contributed by atoms with Gasteiger partial charge in [-0.1, -0.05) is 0 Å². The van der Waals surface area contributed by atoms with E-state index in [1.54, 1.807) is 0 Å². The fourth-order valence-electron chi connectivity index (χ4n) is 1.90.